The molecule has 5 nitrogen and oxygen atoms in total. The van der Waals surface area contributed by atoms with Crippen LogP contribution in [0.4, 0.5) is 0 Å². The predicted octanol–water partition coefficient (Wildman–Crippen LogP) is 2.86. The number of rotatable bonds is 2. The predicted molar refractivity (Wildman–Crippen MR) is 84.9 cm³/mol. The SMILES string of the molecule is Cc1nc(CC(=O)N2CCc3oc(C(C)(C)C)nc3C2)cs1. The lowest BCUT2D eigenvalue weighted by atomic mass is 9.97. The first-order chi connectivity index (χ1) is 10.3. The van der Waals surface area contributed by atoms with E-state index in [9.17, 15) is 4.79 Å². The van der Waals surface area contributed by atoms with Gasteiger partial charge in [0.1, 0.15) is 11.5 Å². The standard InChI is InChI=1S/C16H21N3O2S/c1-10-17-11(9-22-10)7-14(20)19-6-5-13-12(8-19)18-15(21-13)16(2,3)4/h9H,5-8H2,1-4H3. The van der Waals surface area contributed by atoms with E-state index in [1.165, 1.54) is 0 Å². The summed E-state index contributed by atoms with van der Waals surface area (Å²) in [7, 11) is 0. The van der Waals surface area contributed by atoms with E-state index < -0.39 is 0 Å². The van der Waals surface area contributed by atoms with E-state index in [1.807, 2.05) is 17.2 Å². The summed E-state index contributed by atoms with van der Waals surface area (Å²) >= 11 is 1.58. The molecule has 2 aromatic heterocycles. The second kappa shape index (κ2) is 5.50. The smallest absolute Gasteiger partial charge is 0.228 e. The molecule has 3 heterocycles. The number of thiazole rings is 1. The van der Waals surface area contributed by atoms with Crippen LogP contribution in [0.2, 0.25) is 0 Å². The highest BCUT2D eigenvalue weighted by Gasteiger charge is 2.29. The number of carbonyl (C=O) groups excluding carboxylic acids is 1. The third-order valence-electron chi connectivity index (χ3n) is 3.72. The molecule has 0 aliphatic carbocycles. The van der Waals surface area contributed by atoms with Gasteiger partial charge in [0.05, 0.1) is 23.7 Å². The van der Waals surface area contributed by atoms with Crippen LogP contribution in [0.15, 0.2) is 9.80 Å². The lowest BCUT2D eigenvalue weighted by molar-refractivity contribution is -0.131. The Balaban J connectivity index is 1.71. The largest absolute Gasteiger partial charge is 0.445 e. The second-order valence-electron chi connectivity index (χ2n) is 6.74. The number of aromatic nitrogens is 2. The molecule has 0 aromatic carbocycles. The maximum absolute atomic E-state index is 12.4. The van der Waals surface area contributed by atoms with Gasteiger partial charge in [0, 0.05) is 23.8 Å². The number of amides is 1. The van der Waals surface area contributed by atoms with Crippen LogP contribution in [-0.4, -0.2) is 27.3 Å². The molecule has 0 bridgehead atoms. The van der Waals surface area contributed by atoms with Gasteiger partial charge in [-0.2, -0.15) is 0 Å². The summed E-state index contributed by atoms with van der Waals surface area (Å²) < 4.78 is 5.86. The van der Waals surface area contributed by atoms with E-state index in [-0.39, 0.29) is 11.3 Å². The highest BCUT2D eigenvalue weighted by Crippen LogP contribution is 2.27. The molecule has 0 fully saturated rings. The number of aryl methyl sites for hydroxylation is 1. The molecule has 22 heavy (non-hydrogen) atoms. The molecule has 2 aromatic rings. The van der Waals surface area contributed by atoms with Gasteiger partial charge in [0.15, 0.2) is 5.89 Å². The molecule has 118 valence electrons. The molecule has 0 atom stereocenters. The van der Waals surface area contributed by atoms with E-state index in [4.69, 9.17) is 4.42 Å². The van der Waals surface area contributed by atoms with Crippen molar-refractivity contribution in [3.63, 3.8) is 0 Å². The Bertz CT molecular complexity index is 697. The first-order valence-corrected chi connectivity index (χ1v) is 8.39. The Morgan fingerprint density at radius 2 is 2.18 bits per heavy atom. The number of hydrogen-bond donors (Lipinski definition) is 0. The molecule has 6 heteroatoms. The van der Waals surface area contributed by atoms with Crippen molar-refractivity contribution in [1.82, 2.24) is 14.9 Å². The third-order valence-corrected chi connectivity index (χ3v) is 4.54. The van der Waals surface area contributed by atoms with Crippen molar-refractivity contribution in [2.75, 3.05) is 6.54 Å². The monoisotopic (exact) mass is 319 g/mol. The summed E-state index contributed by atoms with van der Waals surface area (Å²) in [5.74, 6) is 1.79. The molecule has 0 unspecified atom stereocenters. The van der Waals surface area contributed by atoms with Crippen molar-refractivity contribution < 1.29 is 9.21 Å². The quantitative estimate of drug-likeness (QED) is 0.854. The van der Waals surface area contributed by atoms with Gasteiger partial charge >= 0.3 is 0 Å². The van der Waals surface area contributed by atoms with Gasteiger partial charge in [0.2, 0.25) is 5.91 Å². The van der Waals surface area contributed by atoms with Crippen LogP contribution in [0.3, 0.4) is 0 Å². The molecular weight excluding hydrogens is 298 g/mol. The Morgan fingerprint density at radius 3 is 2.82 bits per heavy atom. The van der Waals surface area contributed by atoms with E-state index >= 15 is 0 Å². The molecular formula is C16H21N3O2S. The van der Waals surface area contributed by atoms with Gasteiger partial charge in [-0.3, -0.25) is 4.79 Å². The van der Waals surface area contributed by atoms with Gasteiger partial charge in [-0.1, -0.05) is 20.8 Å². The summed E-state index contributed by atoms with van der Waals surface area (Å²) in [5, 5.41) is 2.95. The third kappa shape index (κ3) is 3.06. The fourth-order valence-electron chi connectivity index (χ4n) is 2.49. The molecule has 0 spiro atoms. The Labute approximate surface area is 134 Å². The van der Waals surface area contributed by atoms with E-state index in [0.717, 1.165) is 34.5 Å². The van der Waals surface area contributed by atoms with Crippen molar-refractivity contribution in [2.24, 2.45) is 0 Å². The lowest BCUT2D eigenvalue weighted by Gasteiger charge is -2.25. The highest BCUT2D eigenvalue weighted by molar-refractivity contribution is 7.09. The number of oxazole rings is 1. The topological polar surface area (TPSA) is 59.2 Å². The maximum atomic E-state index is 12.4. The van der Waals surface area contributed by atoms with Crippen LogP contribution < -0.4 is 0 Å². The lowest BCUT2D eigenvalue weighted by Crippen LogP contribution is -2.36. The molecule has 3 rings (SSSR count). The fourth-order valence-corrected chi connectivity index (χ4v) is 3.10. The van der Waals surface area contributed by atoms with Gasteiger partial charge in [0.25, 0.3) is 0 Å². The summed E-state index contributed by atoms with van der Waals surface area (Å²) in [6.07, 6.45) is 1.10. The first-order valence-electron chi connectivity index (χ1n) is 7.51. The molecule has 1 aliphatic rings. The average Bonchev–Trinajstić information content (AvgIpc) is 3.03. The fraction of sp³-hybridized carbons (Fsp3) is 0.562. The van der Waals surface area contributed by atoms with Crippen LogP contribution in [-0.2, 0) is 29.6 Å². The molecule has 0 saturated carbocycles. The van der Waals surface area contributed by atoms with Crippen molar-refractivity contribution in [3.05, 3.63) is 33.4 Å². The maximum Gasteiger partial charge on any atom is 0.228 e. The summed E-state index contributed by atoms with van der Waals surface area (Å²) in [6, 6.07) is 0. The Hall–Kier alpha value is -1.69. The zero-order chi connectivity index (χ0) is 15.9. The van der Waals surface area contributed by atoms with Gasteiger partial charge in [-0.25, -0.2) is 9.97 Å². The van der Waals surface area contributed by atoms with Crippen molar-refractivity contribution in [3.8, 4) is 0 Å². The molecule has 0 N–H and O–H groups in total. The number of fused-ring (bicyclic) bond motifs is 1. The average molecular weight is 319 g/mol. The van der Waals surface area contributed by atoms with Gasteiger partial charge in [-0.05, 0) is 6.92 Å². The van der Waals surface area contributed by atoms with Crippen molar-refractivity contribution in [2.45, 2.75) is 52.5 Å². The Morgan fingerprint density at radius 1 is 1.41 bits per heavy atom. The van der Waals surface area contributed by atoms with Crippen LogP contribution in [0.25, 0.3) is 0 Å². The van der Waals surface area contributed by atoms with Crippen LogP contribution in [0, 0.1) is 6.92 Å². The summed E-state index contributed by atoms with van der Waals surface area (Å²) in [6.45, 7) is 9.42. The second-order valence-corrected chi connectivity index (χ2v) is 7.80. The normalized spacial score (nSPS) is 15.0. The van der Waals surface area contributed by atoms with E-state index in [2.05, 4.69) is 30.7 Å². The van der Waals surface area contributed by atoms with Crippen molar-refractivity contribution in [1.29, 1.82) is 0 Å². The zero-order valence-electron chi connectivity index (χ0n) is 13.5. The first kappa shape index (κ1) is 15.2. The molecule has 1 amide bonds. The number of carbonyl (C=O) groups is 1. The van der Waals surface area contributed by atoms with Crippen LogP contribution >= 0.6 is 11.3 Å². The minimum Gasteiger partial charge on any atom is -0.445 e. The minimum atomic E-state index is -0.107. The summed E-state index contributed by atoms with van der Waals surface area (Å²) in [5.41, 5.74) is 1.65. The van der Waals surface area contributed by atoms with E-state index in [1.54, 1.807) is 11.3 Å². The Kier molecular flexibility index (Phi) is 3.80. The minimum absolute atomic E-state index is 0.107. The molecule has 1 aliphatic heterocycles. The number of nitrogens with zero attached hydrogens (tertiary/aromatic N) is 3. The van der Waals surface area contributed by atoms with E-state index in [0.29, 0.717) is 19.5 Å². The summed E-state index contributed by atoms with van der Waals surface area (Å²) in [4.78, 5) is 23.2. The van der Waals surface area contributed by atoms with Crippen molar-refractivity contribution >= 4 is 17.2 Å². The number of hydrogen-bond acceptors (Lipinski definition) is 5. The molecule has 0 saturated heterocycles. The van der Waals surface area contributed by atoms with Crippen LogP contribution in [0.5, 0.6) is 0 Å². The zero-order valence-corrected chi connectivity index (χ0v) is 14.3. The van der Waals surface area contributed by atoms with Gasteiger partial charge < -0.3 is 9.32 Å². The van der Waals surface area contributed by atoms with Crippen LogP contribution in [0.1, 0.15) is 48.8 Å². The van der Waals surface area contributed by atoms with Gasteiger partial charge in [-0.15, -0.1) is 11.3 Å². The molecule has 0 radical (unpaired) electrons. The highest BCUT2D eigenvalue weighted by atomic mass is 32.1.